The first kappa shape index (κ1) is 13.7. The Morgan fingerprint density at radius 2 is 1.79 bits per heavy atom. The second-order valence-electron chi connectivity index (χ2n) is 3.93. The number of sulfonamides is 1. The molecule has 0 atom stereocenters. The number of primary sulfonamides is 1. The summed E-state index contributed by atoms with van der Waals surface area (Å²) in [6.45, 7) is 1.92. The van der Waals surface area contributed by atoms with Crippen molar-refractivity contribution >= 4 is 33.0 Å². The number of benzene rings is 1. The van der Waals surface area contributed by atoms with Crippen LogP contribution in [0.4, 0.5) is 5.69 Å². The second kappa shape index (κ2) is 5.12. The summed E-state index contributed by atoms with van der Waals surface area (Å²) in [6.07, 6.45) is 0. The number of carbonyl (C=O) groups excluding carboxylic acids is 1. The SMILES string of the molecule is Cc1ccc(C(=O)Nc2ccc(S(N)(=O)=O)cc2)s1. The van der Waals surface area contributed by atoms with Crippen molar-refractivity contribution in [3.63, 3.8) is 0 Å². The smallest absolute Gasteiger partial charge is 0.265 e. The van der Waals surface area contributed by atoms with Crippen LogP contribution in [-0.4, -0.2) is 14.3 Å². The molecule has 1 amide bonds. The normalized spacial score (nSPS) is 11.3. The lowest BCUT2D eigenvalue weighted by atomic mass is 10.3. The van der Waals surface area contributed by atoms with Crippen molar-refractivity contribution in [2.45, 2.75) is 11.8 Å². The van der Waals surface area contributed by atoms with Crippen molar-refractivity contribution < 1.29 is 13.2 Å². The summed E-state index contributed by atoms with van der Waals surface area (Å²) in [6, 6.07) is 9.31. The van der Waals surface area contributed by atoms with Gasteiger partial charge in [-0.3, -0.25) is 4.79 Å². The highest BCUT2D eigenvalue weighted by molar-refractivity contribution is 7.89. The fraction of sp³-hybridized carbons (Fsp3) is 0.0833. The number of aryl methyl sites for hydroxylation is 1. The number of rotatable bonds is 3. The number of hydrogen-bond donors (Lipinski definition) is 2. The molecule has 1 aromatic heterocycles. The number of carbonyl (C=O) groups is 1. The molecule has 19 heavy (non-hydrogen) atoms. The molecule has 0 spiro atoms. The van der Waals surface area contributed by atoms with Crippen LogP contribution in [0.2, 0.25) is 0 Å². The van der Waals surface area contributed by atoms with E-state index in [-0.39, 0.29) is 10.8 Å². The van der Waals surface area contributed by atoms with Crippen LogP contribution in [-0.2, 0) is 10.0 Å². The second-order valence-corrected chi connectivity index (χ2v) is 6.78. The summed E-state index contributed by atoms with van der Waals surface area (Å²) in [4.78, 5) is 13.5. The third-order valence-electron chi connectivity index (χ3n) is 2.40. The van der Waals surface area contributed by atoms with Crippen molar-refractivity contribution in [1.82, 2.24) is 0 Å². The zero-order chi connectivity index (χ0) is 14.0. The van der Waals surface area contributed by atoms with Gasteiger partial charge in [-0.1, -0.05) is 0 Å². The molecule has 0 bridgehead atoms. The number of nitrogens with two attached hydrogens (primary N) is 1. The lowest BCUT2D eigenvalue weighted by Crippen LogP contribution is -2.13. The molecule has 100 valence electrons. The maximum Gasteiger partial charge on any atom is 0.265 e. The first-order valence-electron chi connectivity index (χ1n) is 5.37. The maximum atomic E-state index is 11.9. The molecule has 0 radical (unpaired) electrons. The van der Waals surface area contributed by atoms with Gasteiger partial charge in [-0.15, -0.1) is 11.3 Å². The molecule has 0 fully saturated rings. The Morgan fingerprint density at radius 1 is 1.16 bits per heavy atom. The van der Waals surface area contributed by atoms with E-state index >= 15 is 0 Å². The van der Waals surface area contributed by atoms with E-state index in [1.807, 2.05) is 13.0 Å². The average molecular weight is 296 g/mol. The lowest BCUT2D eigenvalue weighted by Gasteiger charge is -2.04. The van der Waals surface area contributed by atoms with Gasteiger partial charge in [0, 0.05) is 10.6 Å². The van der Waals surface area contributed by atoms with Gasteiger partial charge in [0.05, 0.1) is 9.77 Å². The van der Waals surface area contributed by atoms with E-state index in [2.05, 4.69) is 5.32 Å². The van der Waals surface area contributed by atoms with Crippen LogP contribution < -0.4 is 10.5 Å². The first-order valence-corrected chi connectivity index (χ1v) is 7.73. The van der Waals surface area contributed by atoms with Crippen LogP contribution >= 0.6 is 11.3 Å². The molecule has 1 aromatic carbocycles. The van der Waals surface area contributed by atoms with Crippen LogP contribution in [0.15, 0.2) is 41.3 Å². The molecule has 0 saturated carbocycles. The third kappa shape index (κ3) is 3.40. The highest BCUT2D eigenvalue weighted by atomic mass is 32.2. The first-order chi connectivity index (χ1) is 8.86. The zero-order valence-corrected chi connectivity index (χ0v) is 11.7. The van der Waals surface area contributed by atoms with Gasteiger partial charge in [0.25, 0.3) is 5.91 Å². The summed E-state index contributed by atoms with van der Waals surface area (Å²) in [5.41, 5.74) is 0.517. The molecular formula is C12H12N2O3S2. The van der Waals surface area contributed by atoms with Gasteiger partial charge < -0.3 is 5.32 Å². The van der Waals surface area contributed by atoms with Gasteiger partial charge in [0.15, 0.2) is 0 Å². The van der Waals surface area contributed by atoms with Crippen LogP contribution in [0.3, 0.4) is 0 Å². The van der Waals surface area contributed by atoms with E-state index in [4.69, 9.17) is 5.14 Å². The van der Waals surface area contributed by atoms with Crippen LogP contribution in [0.25, 0.3) is 0 Å². The molecule has 0 unspecified atom stereocenters. The molecule has 5 nitrogen and oxygen atoms in total. The van der Waals surface area contributed by atoms with Gasteiger partial charge in [-0.25, -0.2) is 13.6 Å². The predicted octanol–water partition coefficient (Wildman–Crippen LogP) is 1.96. The van der Waals surface area contributed by atoms with E-state index in [9.17, 15) is 13.2 Å². The number of thiophene rings is 1. The molecule has 3 N–H and O–H groups in total. The Kier molecular flexibility index (Phi) is 3.70. The Bertz CT molecular complexity index is 703. The van der Waals surface area contributed by atoms with Gasteiger partial charge in [-0.05, 0) is 43.3 Å². The summed E-state index contributed by atoms with van der Waals surface area (Å²) in [7, 11) is -3.71. The maximum absolute atomic E-state index is 11.9. The van der Waals surface area contributed by atoms with E-state index in [1.54, 1.807) is 6.07 Å². The van der Waals surface area contributed by atoms with E-state index < -0.39 is 10.0 Å². The zero-order valence-electron chi connectivity index (χ0n) is 10.1. The molecule has 0 aliphatic rings. The Balaban J connectivity index is 2.14. The molecule has 0 aliphatic heterocycles. The minimum atomic E-state index is -3.71. The van der Waals surface area contributed by atoms with Crippen molar-refractivity contribution in [1.29, 1.82) is 0 Å². The quantitative estimate of drug-likeness (QED) is 0.907. The minimum Gasteiger partial charge on any atom is -0.321 e. The van der Waals surface area contributed by atoms with Crippen molar-refractivity contribution in [2.75, 3.05) is 5.32 Å². The van der Waals surface area contributed by atoms with Gasteiger partial charge in [0.1, 0.15) is 0 Å². The summed E-state index contributed by atoms with van der Waals surface area (Å²) >= 11 is 1.39. The van der Waals surface area contributed by atoms with Crippen LogP contribution in [0.5, 0.6) is 0 Å². The topological polar surface area (TPSA) is 89.3 Å². The molecule has 2 aromatic rings. The highest BCUT2D eigenvalue weighted by Crippen LogP contribution is 2.18. The Hall–Kier alpha value is -1.70. The van der Waals surface area contributed by atoms with E-state index in [1.165, 1.54) is 35.6 Å². The largest absolute Gasteiger partial charge is 0.321 e. The summed E-state index contributed by atoms with van der Waals surface area (Å²) in [5, 5.41) is 7.67. The Labute approximate surface area is 115 Å². The lowest BCUT2D eigenvalue weighted by molar-refractivity contribution is 0.103. The molecule has 7 heteroatoms. The monoisotopic (exact) mass is 296 g/mol. The number of anilines is 1. The molecule has 0 aliphatic carbocycles. The summed E-state index contributed by atoms with van der Waals surface area (Å²) in [5.74, 6) is -0.221. The Morgan fingerprint density at radius 3 is 2.26 bits per heavy atom. The van der Waals surface area contributed by atoms with Crippen LogP contribution in [0, 0.1) is 6.92 Å². The predicted molar refractivity (Wildman–Crippen MR) is 74.8 cm³/mol. The van der Waals surface area contributed by atoms with Crippen molar-refractivity contribution in [2.24, 2.45) is 5.14 Å². The molecule has 2 rings (SSSR count). The standard InChI is InChI=1S/C12H12N2O3S2/c1-8-2-7-11(18-8)12(15)14-9-3-5-10(6-4-9)19(13,16)17/h2-7H,1H3,(H,14,15)(H2,13,16,17). The fourth-order valence-electron chi connectivity index (χ4n) is 1.48. The van der Waals surface area contributed by atoms with Crippen molar-refractivity contribution in [3.05, 3.63) is 46.2 Å². The van der Waals surface area contributed by atoms with Gasteiger partial charge >= 0.3 is 0 Å². The molecular weight excluding hydrogens is 284 g/mol. The van der Waals surface area contributed by atoms with E-state index in [0.29, 0.717) is 10.6 Å². The van der Waals surface area contributed by atoms with Gasteiger partial charge in [-0.2, -0.15) is 0 Å². The number of amides is 1. The molecule has 0 saturated heterocycles. The van der Waals surface area contributed by atoms with Gasteiger partial charge in [0.2, 0.25) is 10.0 Å². The summed E-state index contributed by atoms with van der Waals surface area (Å²) < 4.78 is 22.2. The average Bonchev–Trinajstić information content (AvgIpc) is 2.75. The number of hydrogen-bond acceptors (Lipinski definition) is 4. The van der Waals surface area contributed by atoms with Crippen molar-refractivity contribution in [3.8, 4) is 0 Å². The highest BCUT2D eigenvalue weighted by Gasteiger charge is 2.10. The third-order valence-corrected chi connectivity index (χ3v) is 4.33. The fourth-order valence-corrected chi connectivity index (χ4v) is 2.76. The minimum absolute atomic E-state index is 0.0115. The van der Waals surface area contributed by atoms with Crippen LogP contribution in [0.1, 0.15) is 14.5 Å². The number of nitrogens with one attached hydrogen (secondary N) is 1. The molecule has 1 heterocycles. The van der Waals surface area contributed by atoms with E-state index in [0.717, 1.165) is 4.88 Å².